The van der Waals surface area contributed by atoms with Crippen molar-refractivity contribution < 1.29 is 0 Å². The molecule has 2 nitrogen and oxygen atoms in total. The van der Waals surface area contributed by atoms with E-state index in [0.29, 0.717) is 0 Å². The number of nitrogens with zero attached hydrogens (tertiary/aromatic N) is 2. The highest BCUT2D eigenvalue weighted by Gasteiger charge is 2.36. The van der Waals surface area contributed by atoms with Crippen LogP contribution in [0.2, 0.25) is 0 Å². The molecular weight excluding hydrogens is 713 g/mol. The van der Waals surface area contributed by atoms with Crippen LogP contribution in [0.1, 0.15) is 47.2 Å². The van der Waals surface area contributed by atoms with Gasteiger partial charge in [-0.05, 0) is 159 Å². The Bertz CT molecular complexity index is 3260. The predicted octanol–water partition coefficient (Wildman–Crippen LogP) is 15.8. The molecule has 0 radical (unpaired) electrons. The van der Waals surface area contributed by atoms with Gasteiger partial charge in [-0.2, -0.15) is 0 Å². The van der Waals surface area contributed by atoms with Crippen LogP contribution in [0.3, 0.4) is 0 Å². The first-order chi connectivity index (χ1) is 28.7. The van der Waals surface area contributed by atoms with Crippen molar-refractivity contribution in [1.82, 2.24) is 4.57 Å². The third-order valence-electron chi connectivity index (χ3n) is 13.2. The van der Waals surface area contributed by atoms with Crippen LogP contribution in [0.5, 0.6) is 0 Å². The Kier molecular flexibility index (Phi) is 7.81. The van der Waals surface area contributed by atoms with E-state index < -0.39 is 0 Å². The lowest BCUT2D eigenvalue weighted by Crippen LogP contribution is -2.18. The number of benzene rings is 9. The SMILES string of the molecule is Cc1cc(-c2cc3ccccc3c3ccccc23)cc(C)c1N(c1ccc2c(c1)C(C)(C)c1ccccc1-2)c1c(C)cc(-n2c3ccccc3c3ccccc32)cc1C. The minimum atomic E-state index is -0.122. The smallest absolute Gasteiger partial charge is 0.0541 e. The second-order valence-electron chi connectivity index (χ2n) is 17.2. The zero-order chi connectivity index (χ0) is 40.2. The number of para-hydroxylation sites is 2. The summed E-state index contributed by atoms with van der Waals surface area (Å²) in [5.41, 5.74) is 20.0. The zero-order valence-corrected chi connectivity index (χ0v) is 34.6. The van der Waals surface area contributed by atoms with Crippen LogP contribution < -0.4 is 4.90 Å². The first-order valence-electron chi connectivity index (χ1n) is 20.9. The summed E-state index contributed by atoms with van der Waals surface area (Å²) >= 11 is 0. The maximum atomic E-state index is 2.56. The number of hydrogen-bond donors (Lipinski definition) is 0. The van der Waals surface area contributed by atoms with Gasteiger partial charge in [0, 0.05) is 27.6 Å². The van der Waals surface area contributed by atoms with Crippen molar-refractivity contribution in [2.45, 2.75) is 47.0 Å². The molecule has 1 aromatic heterocycles. The molecule has 0 saturated carbocycles. The van der Waals surface area contributed by atoms with Crippen LogP contribution in [-0.4, -0.2) is 4.57 Å². The van der Waals surface area contributed by atoms with Crippen molar-refractivity contribution in [1.29, 1.82) is 0 Å². The average molecular weight is 759 g/mol. The van der Waals surface area contributed by atoms with Gasteiger partial charge in [0.25, 0.3) is 0 Å². The summed E-state index contributed by atoms with van der Waals surface area (Å²) in [5.74, 6) is 0. The van der Waals surface area contributed by atoms with Crippen LogP contribution in [0.4, 0.5) is 17.1 Å². The summed E-state index contributed by atoms with van der Waals surface area (Å²) in [6.45, 7) is 13.9. The van der Waals surface area contributed by atoms with Crippen LogP contribution in [0.25, 0.3) is 71.3 Å². The Morgan fingerprint density at radius 2 is 0.915 bits per heavy atom. The van der Waals surface area contributed by atoms with Crippen molar-refractivity contribution in [3.8, 4) is 27.9 Å². The fourth-order valence-electron chi connectivity index (χ4n) is 10.6. The summed E-state index contributed by atoms with van der Waals surface area (Å²) in [7, 11) is 0. The van der Waals surface area contributed by atoms with Crippen LogP contribution in [0.15, 0.2) is 170 Å². The van der Waals surface area contributed by atoms with E-state index in [9.17, 15) is 0 Å². The van der Waals surface area contributed by atoms with E-state index >= 15 is 0 Å². The number of hydrogen-bond acceptors (Lipinski definition) is 1. The third kappa shape index (κ3) is 5.26. The molecule has 1 aliphatic carbocycles. The quantitative estimate of drug-likeness (QED) is 0.159. The molecule has 2 heteroatoms. The van der Waals surface area contributed by atoms with Crippen molar-refractivity contribution in [2.75, 3.05) is 4.90 Å². The maximum Gasteiger partial charge on any atom is 0.0541 e. The van der Waals surface area contributed by atoms with Gasteiger partial charge < -0.3 is 9.47 Å². The first kappa shape index (κ1) is 35.3. The van der Waals surface area contributed by atoms with Crippen LogP contribution >= 0.6 is 0 Å². The average Bonchev–Trinajstić information content (AvgIpc) is 3.70. The molecule has 9 aromatic carbocycles. The van der Waals surface area contributed by atoms with Crippen molar-refractivity contribution in [2.24, 2.45) is 0 Å². The second kappa shape index (κ2) is 13.1. The molecule has 10 aromatic rings. The van der Waals surface area contributed by atoms with Crippen LogP contribution in [0, 0.1) is 27.7 Å². The minimum Gasteiger partial charge on any atom is -0.309 e. The molecule has 0 amide bonds. The standard InChI is InChI=1S/C57H46N2/c1-35-29-40(50-33-39-17-7-8-18-43(39)44-19-9-10-20-45(44)50)30-36(2)55(35)59(41-27-28-47-46-21-11-14-24-51(46)57(5,6)52(47)34-41)56-37(3)31-42(32-38(56)4)58-53-25-15-12-22-48(53)49-23-13-16-26-54(49)58/h7-34H,1-6H3. The van der Waals surface area contributed by atoms with Gasteiger partial charge in [-0.3, -0.25) is 0 Å². The van der Waals surface area contributed by atoms with E-state index in [-0.39, 0.29) is 5.41 Å². The Hall–Kier alpha value is -6.90. The molecule has 1 aliphatic rings. The Morgan fingerprint density at radius 3 is 1.58 bits per heavy atom. The zero-order valence-electron chi connectivity index (χ0n) is 34.6. The van der Waals surface area contributed by atoms with Gasteiger partial charge in [0.2, 0.25) is 0 Å². The summed E-state index contributed by atoms with van der Waals surface area (Å²) in [6.07, 6.45) is 0. The van der Waals surface area contributed by atoms with E-state index in [2.05, 4.69) is 221 Å². The molecule has 0 bridgehead atoms. The molecule has 59 heavy (non-hydrogen) atoms. The van der Waals surface area contributed by atoms with Crippen LogP contribution in [-0.2, 0) is 5.41 Å². The monoisotopic (exact) mass is 758 g/mol. The number of aromatic nitrogens is 1. The predicted molar refractivity (Wildman–Crippen MR) is 252 cm³/mol. The molecule has 0 atom stereocenters. The largest absolute Gasteiger partial charge is 0.309 e. The highest BCUT2D eigenvalue weighted by Crippen LogP contribution is 2.52. The van der Waals surface area contributed by atoms with E-state index in [1.54, 1.807) is 0 Å². The number of fused-ring (bicyclic) bond motifs is 9. The Balaban J connectivity index is 1.14. The van der Waals surface area contributed by atoms with Crippen molar-refractivity contribution >= 4 is 60.4 Å². The molecule has 0 fully saturated rings. The third-order valence-corrected chi connectivity index (χ3v) is 13.2. The van der Waals surface area contributed by atoms with E-state index in [1.807, 2.05) is 0 Å². The topological polar surface area (TPSA) is 8.17 Å². The fraction of sp³-hybridized carbons (Fsp3) is 0.123. The van der Waals surface area contributed by atoms with Crippen molar-refractivity contribution in [3.63, 3.8) is 0 Å². The second-order valence-corrected chi connectivity index (χ2v) is 17.2. The van der Waals surface area contributed by atoms with E-state index in [4.69, 9.17) is 0 Å². The summed E-state index contributed by atoms with van der Waals surface area (Å²) in [6, 6.07) is 63.3. The lowest BCUT2D eigenvalue weighted by Gasteiger charge is -2.33. The highest BCUT2D eigenvalue weighted by molar-refractivity contribution is 6.14. The van der Waals surface area contributed by atoms with Gasteiger partial charge in [0.15, 0.2) is 0 Å². The van der Waals surface area contributed by atoms with Gasteiger partial charge in [-0.15, -0.1) is 0 Å². The van der Waals surface area contributed by atoms with Gasteiger partial charge in [-0.25, -0.2) is 0 Å². The lowest BCUT2D eigenvalue weighted by atomic mass is 9.82. The molecule has 0 aliphatic heterocycles. The summed E-state index contributed by atoms with van der Waals surface area (Å²) in [4.78, 5) is 2.56. The molecule has 1 heterocycles. The van der Waals surface area contributed by atoms with Gasteiger partial charge in [0.1, 0.15) is 0 Å². The summed E-state index contributed by atoms with van der Waals surface area (Å²) in [5, 5.41) is 7.67. The lowest BCUT2D eigenvalue weighted by molar-refractivity contribution is 0.660. The minimum absolute atomic E-state index is 0.122. The molecule has 0 spiro atoms. The summed E-state index contributed by atoms with van der Waals surface area (Å²) < 4.78 is 2.44. The first-order valence-corrected chi connectivity index (χ1v) is 20.9. The number of anilines is 3. The number of rotatable bonds is 5. The van der Waals surface area contributed by atoms with Gasteiger partial charge in [0.05, 0.1) is 22.4 Å². The van der Waals surface area contributed by atoms with Gasteiger partial charge >= 0.3 is 0 Å². The van der Waals surface area contributed by atoms with E-state index in [1.165, 1.54) is 122 Å². The number of aryl methyl sites for hydroxylation is 4. The molecule has 11 rings (SSSR count). The molecule has 284 valence electrons. The van der Waals surface area contributed by atoms with Gasteiger partial charge in [-0.1, -0.05) is 129 Å². The molecule has 0 saturated heterocycles. The normalized spacial score (nSPS) is 13.1. The molecule has 0 unspecified atom stereocenters. The van der Waals surface area contributed by atoms with E-state index in [0.717, 1.165) is 0 Å². The molecular formula is C57H46N2. The Labute approximate surface area is 346 Å². The molecule has 0 N–H and O–H groups in total. The van der Waals surface area contributed by atoms with Crippen molar-refractivity contribution in [3.05, 3.63) is 203 Å². The Morgan fingerprint density at radius 1 is 0.407 bits per heavy atom. The maximum absolute atomic E-state index is 2.56. The highest BCUT2D eigenvalue weighted by atomic mass is 15.2. The fourth-order valence-corrected chi connectivity index (χ4v) is 10.6.